The highest BCUT2D eigenvalue weighted by atomic mass is 35.5. The number of rotatable bonds is 4. The van der Waals surface area contributed by atoms with Gasteiger partial charge in [-0.3, -0.25) is 9.78 Å². The summed E-state index contributed by atoms with van der Waals surface area (Å²) in [4.78, 5) is 15.0. The molecule has 0 saturated carbocycles. The number of pyridine rings is 1. The fourth-order valence-corrected chi connectivity index (χ4v) is 2.15. The molecule has 1 unspecified atom stereocenters. The van der Waals surface area contributed by atoms with Crippen LogP contribution in [0.2, 0.25) is 0 Å². The largest absolute Gasteiger partial charge is 0.433 e. The van der Waals surface area contributed by atoms with Crippen LogP contribution in [0.5, 0.6) is 0 Å². The van der Waals surface area contributed by atoms with Crippen LogP contribution in [0.1, 0.15) is 28.9 Å². The van der Waals surface area contributed by atoms with Gasteiger partial charge in [0.2, 0.25) is 0 Å². The minimum absolute atomic E-state index is 0. The molecule has 0 bridgehead atoms. The number of alkyl halides is 3. The molecular formula is C13H18Cl2F3N3O. The number of carbonyl (C=O) groups excluding carboxylic acids is 1. The third-order valence-corrected chi connectivity index (χ3v) is 3.32. The maximum absolute atomic E-state index is 12.3. The summed E-state index contributed by atoms with van der Waals surface area (Å²) < 4.78 is 37.0. The van der Waals surface area contributed by atoms with Gasteiger partial charge in [-0.05, 0) is 44.0 Å². The molecule has 0 spiro atoms. The van der Waals surface area contributed by atoms with E-state index in [1.54, 1.807) is 0 Å². The molecule has 2 rings (SSSR count). The fraction of sp³-hybridized carbons (Fsp3) is 0.538. The van der Waals surface area contributed by atoms with Crippen molar-refractivity contribution in [2.24, 2.45) is 5.92 Å². The Kier molecular flexibility index (Phi) is 8.73. The summed E-state index contributed by atoms with van der Waals surface area (Å²) in [6, 6.07) is 1.96. The van der Waals surface area contributed by atoms with E-state index in [0.717, 1.165) is 44.3 Å². The van der Waals surface area contributed by atoms with Crippen LogP contribution in [-0.4, -0.2) is 30.5 Å². The van der Waals surface area contributed by atoms with Crippen molar-refractivity contribution in [3.05, 3.63) is 29.6 Å². The third kappa shape index (κ3) is 5.98. The van der Waals surface area contributed by atoms with Gasteiger partial charge in [-0.2, -0.15) is 13.2 Å². The zero-order valence-corrected chi connectivity index (χ0v) is 13.3. The molecule has 126 valence electrons. The summed E-state index contributed by atoms with van der Waals surface area (Å²) in [6.07, 6.45) is -1.57. The maximum Gasteiger partial charge on any atom is 0.433 e. The Morgan fingerprint density at radius 3 is 2.59 bits per heavy atom. The summed E-state index contributed by atoms with van der Waals surface area (Å²) in [7, 11) is 0. The van der Waals surface area contributed by atoms with Crippen LogP contribution in [0.4, 0.5) is 13.2 Å². The van der Waals surface area contributed by atoms with E-state index < -0.39 is 17.8 Å². The summed E-state index contributed by atoms with van der Waals surface area (Å²) in [5, 5.41) is 5.93. The lowest BCUT2D eigenvalue weighted by Crippen LogP contribution is -2.26. The maximum atomic E-state index is 12.3. The summed E-state index contributed by atoms with van der Waals surface area (Å²) >= 11 is 0. The van der Waals surface area contributed by atoms with Gasteiger partial charge in [0.05, 0.1) is 5.56 Å². The predicted octanol–water partition coefficient (Wildman–Crippen LogP) is 2.67. The molecule has 1 aromatic heterocycles. The van der Waals surface area contributed by atoms with Gasteiger partial charge in [-0.25, -0.2) is 0 Å². The van der Waals surface area contributed by atoms with Gasteiger partial charge >= 0.3 is 6.18 Å². The lowest BCUT2D eigenvalue weighted by Gasteiger charge is -2.10. The molecule has 2 N–H and O–H groups in total. The summed E-state index contributed by atoms with van der Waals surface area (Å²) in [5.41, 5.74) is -0.853. The average molecular weight is 360 g/mol. The van der Waals surface area contributed by atoms with Crippen LogP contribution < -0.4 is 10.6 Å². The van der Waals surface area contributed by atoms with E-state index in [1.807, 2.05) is 0 Å². The van der Waals surface area contributed by atoms with Crippen molar-refractivity contribution < 1.29 is 18.0 Å². The van der Waals surface area contributed by atoms with Gasteiger partial charge in [0, 0.05) is 12.7 Å². The van der Waals surface area contributed by atoms with Crippen LogP contribution in [0.3, 0.4) is 0 Å². The minimum atomic E-state index is -4.48. The topological polar surface area (TPSA) is 54.0 Å². The van der Waals surface area contributed by atoms with Gasteiger partial charge in [0.1, 0.15) is 5.69 Å². The number of hydrogen-bond donors (Lipinski definition) is 2. The Morgan fingerprint density at radius 2 is 2.09 bits per heavy atom. The van der Waals surface area contributed by atoms with E-state index in [-0.39, 0.29) is 30.4 Å². The number of nitrogens with zero attached hydrogens (tertiary/aromatic N) is 1. The zero-order valence-electron chi connectivity index (χ0n) is 11.7. The highest BCUT2D eigenvalue weighted by Gasteiger charge is 2.32. The first kappa shape index (κ1) is 20.9. The Labute approximate surface area is 139 Å². The van der Waals surface area contributed by atoms with E-state index in [0.29, 0.717) is 12.5 Å². The zero-order chi connectivity index (χ0) is 14.6. The Morgan fingerprint density at radius 1 is 1.36 bits per heavy atom. The molecule has 1 atom stereocenters. The van der Waals surface area contributed by atoms with Gasteiger partial charge in [-0.15, -0.1) is 24.8 Å². The van der Waals surface area contributed by atoms with Crippen LogP contribution in [0.15, 0.2) is 18.3 Å². The lowest BCUT2D eigenvalue weighted by molar-refractivity contribution is -0.141. The number of amides is 1. The smallest absolute Gasteiger partial charge is 0.352 e. The second-order valence-electron chi connectivity index (χ2n) is 4.83. The monoisotopic (exact) mass is 359 g/mol. The van der Waals surface area contributed by atoms with E-state index in [1.165, 1.54) is 0 Å². The molecule has 1 aromatic rings. The number of carbonyl (C=O) groups is 1. The van der Waals surface area contributed by atoms with Gasteiger partial charge < -0.3 is 10.6 Å². The molecule has 9 heteroatoms. The van der Waals surface area contributed by atoms with Crippen molar-refractivity contribution in [2.75, 3.05) is 19.6 Å². The molecule has 22 heavy (non-hydrogen) atoms. The van der Waals surface area contributed by atoms with Gasteiger partial charge in [-0.1, -0.05) is 0 Å². The lowest BCUT2D eigenvalue weighted by atomic mass is 10.1. The second-order valence-corrected chi connectivity index (χ2v) is 4.83. The fourth-order valence-electron chi connectivity index (χ4n) is 2.15. The van der Waals surface area contributed by atoms with Crippen molar-refractivity contribution in [3.8, 4) is 0 Å². The standard InChI is InChI=1S/C13H16F3N3O.2ClH/c14-13(15,16)11-2-1-10(8-19-11)12(20)18-6-4-9-3-5-17-7-9;;/h1-2,8-9,17H,3-7H2,(H,18,20);2*1H. The average Bonchev–Trinajstić information content (AvgIpc) is 2.91. The van der Waals surface area contributed by atoms with Gasteiger partial charge in [0.15, 0.2) is 0 Å². The molecule has 0 aromatic carbocycles. The van der Waals surface area contributed by atoms with Crippen molar-refractivity contribution in [1.29, 1.82) is 0 Å². The van der Waals surface area contributed by atoms with Gasteiger partial charge in [0.25, 0.3) is 5.91 Å². The highest BCUT2D eigenvalue weighted by molar-refractivity contribution is 5.93. The van der Waals surface area contributed by atoms with Crippen molar-refractivity contribution in [1.82, 2.24) is 15.6 Å². The molecule has 2 heterocycles. The van der Waals surface area contributed by atoms with E-state index in [2.05, 4.69) is 15.6 Å². The Bertz CT molecular complexity index is 463. The first-order valence-corrected chi connectivity index (χ1v) is 6.49. The molecular weight excluding hydrogens is 342 g/mol. The van der Waals surface area contributed by atoms with E-state index in [9.17, 15) is 18.0 Å². The number of hydrogen-bond acceptors (Lipinski definition) is 3. The molecule has 1 saturated heterocycles. The molecule has 1 amide bonds. The molecule has 1 fully saturated rings. The Hall–Kier alpha value is -1.05. The molecule has 4 nitrogen and oxygen atoms in total. The molecule has 1 aliphatic heterocycles. The minimum Gasteiger partial charge on any atom is -0.352 e. The summed E-state index contributed by atoms with van der Waals surface area (Å²) in [5.74, 6) is 0.165. The van der Waals surface area contributed by atoms with Crippen LogP contribution in [0.25, 0.3) is 0 Å². The number of aromatic nitrogens is 1. The first-order valence-electron chi connectivity index (χ1n) is 6.49. The quantitative estimate of drug-likeness (QED) is 0.868. The van der Waals surface area contributed by atoms with Crippen molar-refractivity contribution in [2.45, 2.75) is 19.0 Å². The van der Waals surface area contributed by atoms with Crippen LogP contribution >= 0.6 is 24.8 Å². The summed E-state index contributed by atoms with van der Waals surface area (Å²) in [6.45, 7) is 2.48. The second kappa shape index (κ2) is 9.17. The van der Waals surface area contributed by atoms with Crippen molar-refractivity contribution >= 4 is 30.7 Å². The molecule has 1 aliphatic rings. The predicted molar refractivity (Wildman–Crippen MR) is 81.7 cm³/mol. The van der Waals surface area contributed by atoms with Crippen LogP contribution in [-0.2, 0) is 6.18 Å². The van der Waals surface area contributed by atoms with E-state index >= 15 is 0 Å². The number of halogens is 5. The van der Waals surface area contributed by atoms with Crippen molar-refractivity contribution in [3.63, 3.8) is 0 Å². The highest BCUT2D eigenvalue weighted by Crippen LogP contribution is 2.27. The first-order chi connectivity index (χ1) is 9.47. The Balaban J connectivity index is 0.00000220. The van der Waals surface area contributed by atoms with E-state index in [4.69, 9.17) is 0 Å². The number of nitrogens with one attached hydrogen (secondary N) is 2. The van der Waals surface area contributed by atoms with Crippen LogP contribution in [0, 0.1) is 5.92 Å². The molecule has 0 aliphatic carbocycles. The third-order valence-electron chi connectivity index (χ3n) is 3.32. The normalized spacial score (nSPS) is 17.3. The molecule has 0 radical (unpaired) electrons. The SMILES string of the molecule is Cl.Cl.O=C(NCCC1CCNC1)c1ccc(C(F)(F)F)nc1.